The van der Waals surface area contributed by atoms with Crippen LogP contribution in [0, 0.1) is 6.92 Å². The lowest BCUT2D eigenvalue weighted by molar-refractivity contribution is -0.00321. The van der Waals surface area contributed by atoms with Crippen molar-refractivity contribution in [2.75, 3.05) is 39.3 Å². The topological polar surface area (TPSA) is 31.4 Å². The molecule has 5 heteroatoms. The van der Waals surface area contributed by atoms with Crippen LogP contribution in [0.5, 0.6) is 0 Å². The van der Waals surface area contributed by atoms with Crippen LogP contribution in [0.1, 0.15) is 24.0 Å². The predicted molar refractivity (Wildman–Crippen MR) is 84.4 cm³/mol. The predicted octanol–water partition coefficient (Wildman–Crippen LogP) is 1.36. The van der Waals surface area contributed by atoms with Crippen LogP contribution >= 0.6 is 11.3 Å². The normalized spacial score (nSPS) is 30.6. The highest BCUT2D eigenvalue weighted by Crippen LogP contribution is 2.21. The molecule has 0 amide bonds. The molecule has 0 aromatic carbocycles. The average Bonchev–Trinajstić information content (AvgIpc) is 2.90. The number of nitrogens with zero attached hydrogens (tertiary/aromatic N) is 3. The first-order chi connectivity index (χ1) is 9.76. The molecule has 3 saturated heterocycles. The fraction of sp³-hybridized carbons (Fsp3) is 0.800. The zero-order valence-electron chi connectivity index (χ0n) is 12.6. The summed E-state index contributed by atoms with van der Waals surface area (Å²) in [4.78, 5) is 9.97. The third kappa shape index (κ3) is 3.22. The van der Waals surface area contributed by atoms with Gasteiger partial charge in [0.15, 0.2) is 0 Å². The molecule has 0 spiro atoms. The highest BCUT2D eigenvalue weighted by Gasteiger charge is 2.36. The number of hydrogen-bond acceptors (Lipinski definition) is 5. The van der Waals surface area contributed by atoms with Crippen LogP contribution in [-0.2, 0) is 6.42 Å². The minimum atomic E-state index is 0.541. The Bertz CT molecular complexity index is 425. The molecule has 112 valence electrons. The molecule has 3 fully saturated rings. The van der Waals surface area contributed by atoms with Gasteiger partial charge in [-0.15, -0.1) is 11.3 Å². The van der Waals surface area contributed by atoms with Gasteiger partial charge in [-0.3, -0.25) is 9.80 Å². The molecule has 3 aliphatic heterocycles. The monoisotopic (exact) mass is 294 g/mol. The van der Waals surface area contributed by atoms with E-state index in [1.807, 2.05) is 0 Å². The van der Waals surface area contributed by atoms with Crippen LogP contribution in [0.4, 0.5) is 0 Å². The summed E-state index contributed by atoms with van der Waals surface area (Å²) in [5.41, 5.74) is 1.26. The van der Waals surface area contributed by atoms with Crippen LogP contribution in [0.2, 0.25) is 0 Å². The summed E-state index contributed by atoms with van der Waals surface area (Å²) in [5.74, 6) is 0. The molecular weight excluding hydrogens is 268 g/mol. The van der Waals surface area contributed by atoms with Crippen LogP contribution < -0.4 is 5.32 Å². The first-order valence-corrected chi connectivity index (χ1v) is 8.75. The molecule has 0 aliphatic carbocycles. The van der Waals surface area contributed by atoms with E-state index in [4.69, 9.17) is 0 Å². The maximum atomic E-state index is 4.66. The molecule has 2 unspecified atom stereocenters. The number of rotatable bonds is 6. The van der Waals surface area contributed by atoms with Crippen molar-refractivity contribution < 1.29 is 0 Å². The Morgan fingerprint density at radius 2 is 2.20 bits per heavy atom. The minimum Gasteiger partial charge on any atom is -0.312 e. The second-order valence-corrected chi connectivity index (χ2v) is 7.09. The van der Waals surface area contributed by atoms with E-state index in [0.29, 0.717) is 12.1 Å². The van der Waals surface area contributed by atoms with E-state index in [9.17, 15) is 0 Å². The third-order valence-electron chi connectivity index (χ3n) is 4.54. The zero-order valence-corrected chi connectivity index (χ0v) is 13.5. The zero-order chi connectivity index (χ0) is 13.9. The summed E-state index contributed by atoms with van der Waals surface area (Å²) in [5, 5.41) is 7.19. The first kappa shape index (κ1) is 14.4. The highest BCUT2D eigenvalue weighted by atomic mass is 32.1. The van der Waals surface area contributed by atoms with Crippen molar-refractivity contribution in [3.63, 3.8) is 0 Å². The summed E-state index contributed by atoms with van der Waals surface area (Å²) in [6.07, 6.45) is 2.27. The number of piperazine rings is 3. The molecule has 4 heterocycles. The van der Waals surface area contributed by atoms with Crippen LogP contribution in [0.15, 0.2) is 5.38 Å². The van der Waals surface area contributed by atoms with Gasteiger partial charge in [0.1, 0.15) is 0 Å². The van der Waals surface area contributed by atoms with Crippen LogP contribution in [0.3, 0.4) is 0 Å². The van der Waals surface area contributed by atoms with Crippen molar-refractivity contribution in [2.24, 2.45) is 0 Å². The van der Waals surface area contributed by atoms with Gasteiger partial charge in [0.05, 0.1) is 10.7 Å². The third-order valence-corrected chi connectivity index (χ3v) is 5.36. The van der Waals surface area contributed by atoms with Crippen molar-refractivity contribution in [1.82, 2.24) is 20.1 Å². The maximum Gasteiger partial charge on any atom is 0.0897 e. The van der Waals surface area contributed by atoms with E-state index in [1.54, 1.807) is 11.3 Å². The molecule has 20 heavy (non-hydrogen) atoms. The van der Waals surface area contributed by atoms with Gasteiger partial charge in [0.25, 0.3) is 0 Å². The number of aryl methyl sites for hydroxylation is 1. The molecule has 1 aromatic heterocycles. The first-order valence-electron chi connectivity index (χ1n) is 7.87. The molecule has 4 rings (SSSR count). The Morgan fingerprint density at radius 3 is 2.75 bits per heavy atom. The van der Waals surface area contributed by atoms with Crippen molar-refractivity contribution in [2.45, 2.75) is 38.8 Å². The fourth-order valence-corrected chi connectivity index (χ4v) is 4.07. The number of hydrogen-bond donors (Lipinski definition) is 1. The molecule has 1 aromatic rings. The van der Waals surface area contributed by atoms with Gasteiger partial charge < -0.3 is 5.32 Å². The molecule has 0 saturated carbocycles. The van der Waals surface area contributed by atoms with Crippen LogP contribution in [0.25, 0.3) is 0 Å². The maximum absolute atomic E-state index is 4.66. The van der Waals surface area contributed by atoms with Crippen LogP contribution in [-0.4, -0.2) is 66.1 Å². The van der Waals surface area contributed by atoms with Gasteiger partial charge >= 0.3 is 0 Å². The lowest BCUT2D eigenvalue weighted by Crippen LogP contribution is -2.66. The number of fused-ring (bicyclic) bond motifs is 3. The summed E-state index contributed by atoms with van der Waals surface area (Å²) in [6, 6.07) is 1.20. The van der Waals surface area contributed by atoms with Crippen molar-refractivity contribution in [3.05, 3.63) is 16.1 Å². The molecule has 4 nitrogen and oxygen atoms in total. The summed E-state index contributed by atoms with van der Waals surface area (Å²) in [6.45, 7) is 11.7. The van der Waals surface area contributed by atoms with E-state index in [2.05, 4.69) is 39.3 Å². The van der Waals surface area contributed by atoms with Crippen molar-refractivity contribution in [3.8, 4) is 0 Å². The fourth-order valence-electron chi connectivity index (χ4n) is 3.44. The van der Waals surface area contributed by atoms with Crippen molar-refractivity contribution in [1.29, 1.82) is 0 Å². The standard InChI is InChI=1S/C15H26N4S/c1-3-4-16-14(9-13-11-20-12(2)17-13)15-10-18-5-7-19(15)8-6-18/h11,14-16H,3-10H2,1-2H3. The molecule has 0 radical (unpaired) electrons. The van der Waals surface area contributed by atoms with E-state index in [1.165, 1.54) is 49.8 Å². The SMILES string of the molecule is CCCNC(Cc1csc(C)n1)C1CN2CCN1CC2. The Kier molecular flexibility index (Phi) is 4.71. The van der Waals surface area contributed by atoms with Gasteiger partial charge in [-0.05, 0) is 19.9 Å². The highest BCUT2D eigenvalue weighted by molar-refractivity contribution is 7.09. The van der Waals surface area contributed by atoms with E-state index in [-0.39, 0.29) is 0 Å². The number of thiazole rings is 1. The molecule has 2 bridgehead atoms. The summed E-state index contributed by atoms with van der Waals surface area (Å²) in [7, 11) is 0. The molecule has 2 atom stereocenters. The van der Waals surface area contributed by atoms with Gasteiger partial charge in [-0.1, -0.05) is 6.92 Å². The number of nitrogens with one attached hydrogen (secondary N) is 1. The van der Waals surface area contributed by atoms with Crippen molar-refractivity contribution >= 4 is 11.3 Å². The average molecular weight is 294 g/mol. The summed E-state index contributed by atoms with van der Waals surface area (Å²) >= 11 is 1.77. The van der Waals surface area contributed by atoms with E-state index < -0.39 is 0 Å². The van der Waals surface area contributed by atoms with Gasteiger partial charge in [-0.2, -0.15) is 0 Å². The lowest BCUT2D eigenvalue weighted by atomic mass is 9.96. The van der Waals surface area contributed by atoms with E-state index in [0.717, 1.165) is 13.0 Å². The Morgan fingerprint density at radius 1 is 1.40 bits per heavy atom. The van der Waals surface area contributed by atoms with Gasteiger partial charge in [0.2, 0.25) is 0 Å². The van der Waals surface area contributed by atoms with E-state index >= 15 is 0 Å². The van der Waals surface area contributed by atoms with Gasteiger partial charge in [-0.25, -0.2) is 4.98 Å². The molecule has 1 N–H and O–H groups in total. The number of aromatic nitrogens is 1. The molecular formula is C15H26N4S. The molecule has 3 aliphatic rings. The Labute approximate surface area is 126 Å². The summed E-state index contributed by atoms with van der Waals surface area (Å²) < 4.78 is 0. The largest absolute Gasteiger partial charge is 0.312 e. The Balaban J connectivity index is 1.68. The lowest BCUT2D eigenvalue weighted by Gasteiger charge is -2.50. The minimum absolute atomic E-state index is 0.541. The second-order valence-electron chi connectivity index (χ2n) is 6.03. The van der Waals surface area contributed by atoms with Gasteiger partial charge in [0, 0.05) is 56.6 Å². The Hall–Kier alpha value is -0.490. The second kappa shape index (κ2) is 6.52. The quantitative estimate of drug-likeness (QED) is 0.858. The smallest absolute Gasteiger partial charge is 0.0897 e.